The number of carbonyl (C=O) groups excluding carboxylic acids is 1. The molecule has 1 heterocycles. The minimum Gasteiger partial charge on any atom is -0.326 e. The van der Waals surface area contributed by atoms with E-state index in [1.807, 2.05) is 0 Å². The van der Waals surface area contributed by atoms with Gasteiger partial charge in [-0.3, -0.25) is 0 Å². The first-order chi connectivity index (χ1) is 7.48. The van der Waals surface area contributed by atoms with Crippen molar-refractivity contribution in [2.75, 3.05) is 0 Å². The Morgan fingerprint density at radius 2 is 2.00 bits per heavy atom. The SMILES string of the molecule is O=C(On1cnc2ccccc21)C(F)(F)F. The van der Waals surface area contributed by atoms with Gasteiger partial charge in [0.1, 0.15) is 11.8 Å². The number of aromatic nitrogens is 2. The molecule has 0 unspecified atom stereocenters. The summed E-state index contributed by atoms with van der Waals surface area (Å²) < 4.78 is 36.5. The molecule has 0 saturated heterocycles. The van der Waals surface area contributed by atoms with Crippen molar-refractivity contribution in [1.82, 2.24) is 9.71 Å². The van der Waals surface area contributed by atoms with E-state index >= 15 is 0 Å². The van der Waals surface area contributed by atoms with E-state index in [0.717, 1.165) is 6.33 Å². The number of rotatable bonds is 1. The number of carbonyl (C=O) groups is 1. The summed E-state index contributed by atoms with van der Waals surface area (Å²) in [6.07, 6.45) is -4.01. The highest BCUT2D eigenvalue weighted by Gasteiger charge is 2.42. The van der Waals surface area contributed by atoms with Gasteiger partial charge in [0.05, 0.1) is 5.52 Å². The molecule has 0 spiro atoms. The highest BCUT2D eigenvalue weighted by atomic mass is 19.4. The lowest BCUT2D eigenvalue weighted by Gasteiger charge is -2.06. The van der Waals surface area contributed by atoms with Crippen LogP contribution in [-0.4, -0.2) is 21.9 Å². The fourth-order valence-electron chi connectivity index (χ4n) is 1.15. The van der Waals surface area contributed by atoms with Gasteiger partial charge in [-0.25, -0.2) is 9.78 Å². The summed E-state index contributed by atoms with van der Waals surface area (Å²) in [5.41, 5.74) is 0.734. The maximum absolute atomic E-state index is 11.9. The van der Waals surface area contributed by atoms with Gasteiger partial charge < -0.3 is 4.84 Å². The molecule has 0 fully saturated rings. The van der Waals surface area contributed by atoms with Gasteiger partial charge in [0, 0.05) is 0 Å². The first-order valence-electron chi connectivity index (χ1n) is 4.20. The van der Waals surface area contributed by atoms with E-state index < -0.39 is 12.1 Å². The quantitative estimate of drug-likeness (QED) is 0.746. The molecule has 0 bridgehead atoms. The van der Waals surface area contributed by atoms with Crippen LogP contribution < -0.4 is 4.84 Å². The number of alkyl halides is 3. The van der Waals surface area contributed by atoms with Crippen molar-refractivity contribution in [1.29, 1.82) is 0 Å². The van der Waals surface area contributed by atoms with Gasteiger partial charge in [0.2, 0.25) is 0 Å². The lowest BCUT2D eigenvalue weighted by Crippen LogP contribution is -2.32. The zero-order valence-electron chi connectivity index (χ0n) is 7.73. The Balaban J connectivity index is 2.32. The normalized spacial score (nSPS) is 11.7. The van der Waals surface area contributed by atoms with E-state index in [0.29, 0.717) is 15.8 Å². The average Bonchev–Trinajstić information content (AvgIpc) is 2.61. The topological polar surface area (TPSA) is 44.1 Å². The van der Waals surface area contributed by atoms with Gasteiger partial charge in [0.25, 0.3) is 0 Å². The molecule has 7 heteroatoms. The van der Waals surface area contributed by atoms with E-state index in [2.05, 4.69) is 9.82 Å². The summed E-state index contributed by atoms with van der Waals surface area (Å²) in [6, 6.07) is 6.35. The maximum atomic E-state index is 11.9. The van der Waals surface area contributed by atoms with Crippen molar-refractivity contribution in [3.8, 4) is 0 Å². The van der Waals surface area contributed by atoms with Crippen LogP contribution in [0.2, 0.25) is 0 Å². The molecule has 0 saturated carbocycles. The summed E-state index contributed by atoms with van der Waals surface area (Å²) in [4.78, 5) is 18.5. The molecule has 1 aromatic carbocycles. The molecule has 84 valence electrons. The van der Waals surface area contributed by atoms with Crippen LogP contribution in [0.4, 0.5) is 13.2 Å². The number of imidazole rings is 1. The molecule has 0 aliphatic heterocycles. The molecule has 0 aliphatic carbocycles. The summed E-state index contributed by atoms with van der Waals surface area (Å²) in [5.74, 6) is -2.28. The van der Waals surface area contributed by atoms with E-state index in [9.17, 15) is 18.0 Å². The second-order valence-electron chi connectivity index (χ2n) is 2.94. The van der Waals surface area contributed by atoms with Crippen molar-refractivity contribution in [3.05, 3.63) is 30.6 Å². The number of nitrogens with zero attached hydrogens (tertiary/aromatic N) is 2. The van der Waals surface area contributed by atoms with Gasteiger partial charge in [-0.05, 0) is 12.1 Å². The van der Waals surface area contributed by atoms with Crippen LogP contribution in [0.15, 0.2) is 30.6 Å². The monoisotopic (exact) mass is 230 g/mol. The molecule has 0 amide bonds. The lowest BCUT2D eigenvalue weighted by atomic mass is 10.3. The van der Waals surface area contributed by atoms with Crippen LogP contribution >= 0.6 is 0 Å². The summed E-state index contributed by atoms with van der Waals surface area (Å²) >= 11 is 0. The number of halogens is 3. The molecule has 0 radical (unpaired) electrons. The van der Waals surface area contributed by atoms with Crippen LogP contribution in [0, 0.1) is 0 Å². The highest BCUT2D eigenvalue weighted by molar-refractivity contribution is 5.78. The number of para-hydroxylation sites is 2. The molecule has 0 aliphatic rings. The fraction of sp³-hybridized carbons (Fsp3) is 0.111. The van der Waals surface area contributed by atoms with E-state index in [4.69, 9.17) is 0 Å². The third kappa shape index (κ3) is 1.83. The fourth-order valence-corrected chi connectivity index (χ4v) is 1.15. The zero-order valence-corrected chi connectivity index (χ0v) is 7.73. The largest absolute Gasteiger partial charge is 0.493 e. The predicted molar refractivity (Wildman–Crippen MR) is 47.4 cm³/mol. The molecule has 2 aromatic rings. The van der Waals surface area contributed by atoms with Crippen molar-refractivity contribution >= 4 is 17.0 Å². The van der Waals surface area contributed by atoms with Crippen LogP contribution in [-0.2, 0) is 4.79 Å². The van der Waals surface area contributed by atoms with Crippen molar-refractivity contribution in [3.63, 3.8) is 0 Å². The maximum Gasteiger partial charge on any atom is 0.493 e. The first kappa shape index (κ1) is 10.5. The van der Waals surface area contributed by atoms with E-state index in [1.54, 1.807) is 18.2 Å². The van der Waals surface area contributed by atoms with Crippen LogP contribution in [0.3, 0.4) is 0 Å². The van der Waals surface area contributed by atoms with E-state index in [1.165, 1.54) is 6.07 Å². The number of hydrogen-bond donors (Lipinski definition) is 0. The average molecular weight is 230 g/mol. The second-order valence-corrected chi connectivity index (χ2v) is 2.94. The minimum atomic E-state index is -5.02. The number of benzene rings is 1. The van der Waals surface area contributed by atoms with Gasteiger partial charge in [0.15, 0.2) is 0 Å². The predicted octanol–water partition coefficient (Wildman–Crippen LogP) is 1.55. The van der Waals surface area contributed by atoms with Gasteiger partial charge >= 0.3 is 12.1 Å². The zero-order chi connectivity index (χ0) is 11.8. The molecular formula is C9H5F3N2O2. The molecular weight excluding hydrogens is 225 g/mol. The Bertz CT molecular complexity index is 533. The van der Waals surface area contributed by atoms with Crippen molar-refractivity contribution in [2.45, 2.75) is 6.18 Å². The first-order valence-corrected chi connectivity index (χ1v) is 4.20. The number of hydrogen-bond acceptors (Lipinski definition) is 3. The Hall–Kier alpha value is -2.05. The Morgan fingerprint density at radius 3 is 2.69 bits per heavy atom. The smallest absolute Gasteiger partial charge is 0.326 e. The van der Waals surface area contributed by atoms with E-state index in [-0.39, 0.29) is 0 Å². The van der Waals surface area contributed by atoms with Gasteiger partial charge in [-0.2, -0.15) is 17.9 Å². The molecule has 2 rings (SSSR count). The Labute approximate surface area is 87.2 Å². The molecule has 0 N–H and O–H groups in total. The third-order valence-corrected chi connectivity index (χ3v) is 1.83. The van der Waals surface area contributed by atoms with Crippen molar-refractivity contribution < 1.29 is 22.8 Å². The standard InChI is InChI=1S/C9H5F3N2O2/c10-9(11,12)8(15)16-14-5-13-6-3-1-2-4-7(6)14/h1-5H. The third-order valence-electron chi connectivity index (χ3n) is 1.83. The minimum absolute atomic E-state index is 0.292. The molecule has 1 aromatic heterocycles. The van der Waals surface area contributed by atoms with Crippen molar-refractivity contribution in [2.24, 2.45) is 0 Å². The van der Waals surface area contributed by atoms with Crippen LogP contribution in [0.1, 0.15) is 0 Å². The Kier molecular flexibility index (Phi) is 2.30. The molecule has 0 atom stereocenters. The van der Waals surface area contributed by atoms with Gasteiger partial charge in [-0.15, -0.1) is 0 Å². The van der Waals surface area contributed by atoms with Crippen LogP contribution in [0.5, 0.6) is 0 Å². The highest BCUT2D eigenvalue weighted by Crippen LogP contribution is 2.16. The second kappa shape index (κ2) is 3.51. The lowest BCUT2D eigenvalue weighted by molar-refractivity contribution is -0.199. The van der Waals surface area contributed by atoms with Gasteiger partial charge in [-0.1, -0.05) is 12.1 Å². The Morgan fingerprint density at radius 1 is 1.31 bits per heavy atom. The summed E-state index contributed by atoms with van der Waals surface area (Å²) in [6.45, 7) is 0. The summed E-state index contributed by atoms with van der Waals surface area (Å²) in [5, 5.41) is 0. The van der Waals surface area contributed by atoms with Crippen LogP contribution in [0.25, 0.3) is 11.0 Å². The summed E-state index contributed by atoms with van der Waals surface area (Å²) in [7, 11) is 0. The molecule has 16 heavy (non-hydrogen) atoms. The molecule has 4 nitrogen and oxygen atoms in total. The number of fused-ring (bicyclic) bond motifs is 1.